The molecule has 0 radical (unpaired) electrons. The van der Waals surface area contributed by atoms with Crippen molar-refractivity contribution in [1.29, 1.82) is 0 Å². The lowest BCUT2D eigenvalue weighted by Crippen LogP contribution is -2.42. The van der Waals surface area contributed by atoms with Crippen LogP contribution in [0.3, 0.4) is 0 Å². The van der Waals surface area contributed by atoms with Gasteiger partial charge in [-0.15, -0.1) is 0 Å². The first kappa shape index (κ1) is 21.3. The summed E-state index contributed by atoms with van der Waals surface area (Å²) in [6.45, 7) is 7.39. The van der Waals surface area contributed by atoms with E-state index >= 15 is 0 Å². The largest absolute Gasteiger partial charge is 0.336 e. The molecule has 0 saturated carbocycles. The molecule has 0 spiro atoms. The van der Waals surface area contributed by atoms with Crippen LogP contribution >= 0.6 is 0 Å². The quantitative estimate of drug-likeness (QED) is 0.778. The van der Waals surface area contributed by atoms with Gasteiger partial charge in [0.15, 0.2) is 0 Å². The highest BCUT2D eigenvalue weighted by Crippen LogP contribution is 2.31. The number of nitrogens with zero attached hydrogens (tertiary/aromatic N) is 4. The van der Waals surface area contributed by atoms with Gasteiger partial charge < -0.3 is 14.8 Å². The first-order valence-electron chi connectivity index (χ1n) is 11.1. The standard InChI is InChI=1S/C22H30N6O3/c1-4-19(29)27-10-8-14-17(12-27)23-20(24-21(14)30)18-7-5-6-9-28(18)22(31)16-11-15(13(2)3)25-26-16/h11,13,18H,4-10,12H2,1-3H3,(H,25,26)(H,23,24,30)/t18-/m0/s1. The van der Waals surface area contributed by atoms with Crippen LogP contribution < -0.4 is 5.56 Å². The Hall–Kier alpha value is -2.97. The van der Waals surface area contributed by atoms with Crippen LogP contribution in [0.4, 0.5) is 0 Å². The fourth-order valence-corrected chi connectivity index (χ4v) is 4.40. The summed E-state index contributed by atoms with van der Waals surface area (Å²) in [6.07, 6.45) is 3.51. The minimum absolute atomic E-state index is 0.0586. The Balaban J connectivity index is 1.64. The maximum absolute atomic E-state index is 13.2. The summed E-state index contributed by atoms with van der Waals surface area (Å²) in [6, 6.07) is 1.49. The van der Waals surface area contributed by atoms with Crippen LogP contribution in [0.15, 0.2) is 10.9 Å². The first-order chi connectivity index (χ1) is 14.9. The number of aromatic amines is 2. The third-order valence-electron chi connectivity index (χ3n) is 6.27. The lowest BCUT2D eigenvalue weighted by Gasteiger charge is -2.35. The van der Waals surface area contributed by atoms with E-state index in [2.05, 4.69) is 15.2 Å². The average molecular weight is 427 g/mol. The molecular weight excluding hydrogens is 396 g/mol. The molecule has 2 aliphatic heterocycles. The molecular formula is C22H30N6O3. The van der Waals surface area contributed by atoms with Crippen molar-refractivity contribution in [2.45, 2.75) is 71.4 Å². The van der Waals surface area contributed by atoms with E-state index in [0.29, 0.717) is 55.3 Å². The monoisotopic (exact) mass is 426 g/mol. The van der Waals surface area contributed by atoms with Gasteiger partial charge in [-0.05, 0) is 37.7 Å². The van der Waals surface area contributed by atoms with Gasteiger partial charge in [0.2, 0.25) is 5.91 Å². The van der Waals surface area contributed by atoms with Crippen molar-refractivity contribution in [3.05, 3.63) is 44.9 Å². The molecule has 2 N–H and O–H groups in total. The Kier molecular flexibility index (Phi) is 5.93. The highest BCUT2D eigenvalue weighted by Gasteiger charge is 2.33. The van der Waals surface area contributed by atoms with E-state index in [4.69, 9.17) is 4.98 Å². The molecule has 1 saturated heterocycles. The molecule has 2 aromatic rings. The van der Waals surface area contributed by atoms with Crippen molar-refractivity contribution in [1.82, 2.24) is 30.0 Å². The van der Waals surface area contributed by atoms with Gasteiger partial charge in [0, 0.05) is 30.8 Å². The maximum Gasteiger partial charge on any atom is 0.274 e. The summed E-state index contributed by atoms with van der Waals surface area (Å²) in [5.41, 5.74) is 2.43. The number of hydrogen-bond acceptors (Lipinski definition) is 5. The number of rotatable bonds is 4. The van der Waals surface area contributed by atoms with Crippen molar-refractivity contribution in [2.24, 2.45) is 0 Å². The van der Waals surface area contributed by atoms with Crippen LogP contribution in [0.25, 0.3) is 0 Å². The molecule has 1 fully saturated rings. The molecule has 0 unspecified atom stereocenters. The third-order valence-corrected chi connectivity index (χ3v) is 6.27. The zero-order valence-corrected chi connectivity index (χ0v) is 18.4. The second-order valence-corrected chi connectivity index (χ2v) is 8.67. The lowest BCUT2D eigenvalue weighted by atomic mass is 9.99. The second-order valence-electron chi connectivity index (χ2n) is 8.67. The number of aromatic nitrogens is 4. The number of carbonyl (C=O) groups excluding carboxylic acids is 2. The van der Waals surface area contributed by atoms with E-state index in [9.17, 15) is 14.4 Å². The van der Waals surface area contributed by atoms with Crippen LogP contribution in [0.5, 0.6) is 0 Å². The van der Waals surface area contributed by atoms with Gasteiger partial charge in [-0.25, -0.2) is 4.98 Å². The van der Waals surface area contributed by atoms with E-state index in [-0.39, 0.29) is 29.3 Å². The van der Waals surface area contributed by atoms with Gasteiger partial charge in [-0.2, -0.15) is 5.10 Å². The van der Waals surface area contributed by atoms with Crippen molar-refractivity contribution < 1.29 is 9.59 Å². The van der Waals surface area contributed by atoms with Crippen molar-refractivity contribution in [3.63, 3.8) is 0 Å². The number of hydrogen-bond donors (Lipinski definition) is 2. The van der Waals surface area contributed by atoms with E-state index in [1.54, 1.807) is 15.9 Å². The highest BCUT2D eigenvalue weighted by molar-refractivity contribution is 5.92. The fourth-order valence-electron chi connectivity index (χ4n) is 4.40. The molecule has 1 atom stereocenters. The average Bonchev–Trinajstić information content (AvgIpc) is 3.28. The number of carbonyl (C=O) groups is 2. The van der Waals surface area contributed by atoms with Crippen LogP contribution in [-0.2, 0) is 17.8 Å². The predicted octanol–water partition coefficient (Wildman–Crippen LogP) is 2.28. The molecule has 0 aliphatic carbocycles. The molecule has 2 aromatic heterocycles. The molecule has 0 bridgehead atoms. The number of fused-ring (bicyclic) bond motifs is 1. The number of H-pyrrole nitrogens is 2. The summed E-state index contributed by atoms with van der Waals surface area (Å²) in [5.74, 6) is 0.653. The Bertz CT molecular complexity index is 1040. The molecule has 9 nitrogen and oxygen atoms in total. The summed E-state index contributed by atoms with van der Waals surface area (Å²) in [7, 11) is 0. The fraction of sp³-hybridized carbons (Fsp3) is 0.591. The topological polar surface area (TPSA) is 115 Å². The van der Waals surface area contributed by atoms with Crippen molar-refractivity contribution in [2.75, 3.05) is 13.1 Å². The zero-order chi connectivity index (χ0) is 22.1. The van der Waals surface area contributed by atoms with Crippen LogP contribution in [0.1, 0.15) is 91.7 Å². The van der Waals surface area contributed by atoms with Gasteiger partial charge in [0.05, 0.1) is 18.3 Å². The van der Waals surface area contributed by atoms with Gasteiger partial charge >= 0.3 is 0 Å². The Labute approximate surface area is 181 Å². The normalized spacial score (nSPS) is 18.9. The van der Waals surface area contributed by atoms with Crippen LogP contribution in [0.2, 0.25) is 0 Å². The summed E-state index contributed by atoms with van der Waals surface area (Å²) in [4.78, 5) is 49.4. The van der Waals surface area contributed by atoms with E-state index in [1.807, 2.05) is 20.8 Å². The van der Waals surface area contributed by atoms with E-state index < -0.39 is 0 Å². The Morgan fingerprint density at radius 1 is 1.26 bits per heavy atom. The second kappa shape index (κ2) is 8.64. The minimum Gasteiger partial charge on any atom is -0.336 e. The molecule has 4 heterocycles. The smallest absolute Gasteiger partial charge is 0.274 e. The number of nitrogens with one attached hydrogen (secondary N) is 2. The van der Waals surface area contributed by atoms with E-state index in [1.165, 1.54) is 0 Å². The summed E-state index contributed by atoms with van der Waals surface area (Å²) in [5, 5.41) is 7.16. The number of amides is 2. The summed E-state index contributed by atoms with van der Waals surface area (Å²) < 4.78 is 0. The maximum atomic E-state index is 13.2. The zero-order valence-electron chi connectivity index (χ0n) is 18.4. The Morgan fingerprint density at radius 2 is 2.06 bits per heavy atom. The van der Waals surface area contributed by atoms with E-state index in [0.717, 1.165) is 25.0 Å². The number of piperidine rings is 1. The van der Waals surface area contributed by atoms with Crippen LogP contribution in [0, 0.1) is 0 Å². The van der Waals surface area contributed by atoms with Gasteiger partial charge in [0.25, 0.3) is 11.5 Å². The molecule has 9 heteroatoms. The van der Waals surface area contributed by atoms with Gasteiger partial charge in [0.1, 0.15) is 11.5 Å². The van der Waals surface area contributed by atoms with Gasteiger partial charge in [-0.3, -0.25) is 19.5 Å². The molecule has 166 valence electrons. The molecule has 0 aromatic carbocycles. The van der Waals surface area contributed by atoms with Crippen molar-refractivity contribution >= 4 is 11.8 Å². The minimum atomic E-state index is -0.310. The predicted molar refractivity (Wildman–Crippen MR) is 115 cm³/mol. The van der Waals surface area contributed by atoms with Gasteiger partial charge in [-0.1, -0.05) is 20.8 Å². The molecule has 31 heavy (non-hydrogen) atoms. The summed E-state index contributed by atoms with van der Waals surface area (Å²) >= 11 is 0. The molecule has 2 aliphatic rings. The van der Waals surface area contributed by atoms with Crippen molar-refractivity contribution in [3.8, 4) is 0 Å². The lowest BCUT2D eigenvalue weighted by molar-refractivity contribution is -0.131. The van der Waals surface area contributed by atoms with Crippen LogP contribution in [-0.4, -0.2) is 54.9 Å². The first-order valence-corrected chi connectivity index (χ1v) is 11.1. The SMILES string of the molecule is CCC(=O)N1CCc2c(nc([C@@H]3CCCCN3C(=O)c3cc(C(C)C)[nH]n3)[nH]c2=O)C1. The highest BCUT2D eigenvalue weighted by atomic mass is 16.2. The molecule has 2 amide bonds. The number of likely N-dealkylation sites (tertiary alicyclic amines) is 1. The molecule has 4 rings (SSSR count). The third kappa shape index (κ3) is 4.13. The Morgan fingerprint density at radius 3 is 2.77 bits per heavy atom.